The summed E-state index contributed by atoms with van der Waals surface area (Å²) in [6.07, 6.45) is 3.30. The maximum Gasteiger partial charge on any atom is 0.264 e. The van der Waals surface area contributed by atoms with E-state index in [1.807, 2.05) is 3.96 Å². The standard InChI is InChI=1S/C9H13NOS/c1-6(2)10-9(11)7-4-3-5-8(7)12-10/h6H,3-5H2,1-2H3. The first kappa shape index (κ1) is 8.05. The second kappa shape index (κ2) is 2.73. The monoisotopic (exact) mass is 183 g/mol. The minimum absolute atomic E-state index is 0.266. The van der Waals surface area contributed by atoms with Gasteiger partial charge in [0.2, 0.25) is 0 Å². The highest BCUT2D eigenvalue weighted by atomic mass is 32.1. The van der Waals surface area contributed by atoms with E-state index in [-0.39, 0.29) is 5.56 Å². The Balaban J connectivity index is 2.55. The molecule has 0 aromatic carbocycles. The molecule has 2 rings (SSSR count). The van der Waals surface area contributed by atoms with Crippen LogP contribution in [-0.4, -0.2) is 3.96 Å². The summed E-state index contributed by atoms with van der Waals surface area (Å²) >= 11 is 1.66. The van der Waals surface area contributed by atoms with Gasteiger partial charge < -0.3 is 0 Å². The van der Waals surface area contributed by atoms with Crippen LogP contribution in [0.15, 0.2) is 4.79 Å². The number of aryl methyl sites for hydroxylation is 1. The summed E-state index contributed by atoms with van der Waals surface area (Å²) in [5.74, 6) is 0. The number of aromatic nitrogens is 1. The van der Waals surface area contributed by atoms with E-state index in [2.05, 4.69) is 13.8 Å². The fraction of sp³-hybridized carbons (Fsp3) is 0.667. The highest BCUT2D eigenvalue weighted by Gasteiger charge is 2.20. The summed E-state index contributed by atoms with van der Waals surface area (Å²) < 4.78 is 1.89. The van der Waals surface area contributed by atoms with Gasteiger partial charge in [-0.05, 0) is 33.1 Å². The molecule has 0 fully saturated rings. The Morgan fingerprint density at radius 2 is 2.17 bits per heavy atom. The molecule has 0 saturated carbocycles. The Kier molecular flexibility index (Phi) is 1.83. The molecule has 0 bridgehead atoms. The van der Waals surface area contributed by atoms with Crippen molar-refractivity contribution < 1.29 is 0 Å². The molecule has 2 nitrogen and oxygen atoms in total. The van der Waals surface area contributed by atoms with Gasteiger partial charge in [-0.2, -0.15) is 0 Å². The van der Waals surface area contributed by atoms with Gasteiger partial charge in [0, 0.05) is 16.5 Å². The molecule has 0 saturated heterocycles. The van der Waals surface area contributed by atoms with Crippen molar-refractivity contribution in [3.05, 3.63) is 20.8 Å². The lowest BCUT2D eigenvalue weighted by Crippen LogP contribution is -2.17. The number of nitrogens with zero attached hydrogens (tertiary/aromatic N) is 1. The van der Waals surface area contributed by atoms with Crippen LogP contribution >= 0.6 is 11.5 Å². The average Bonchev–Trinajstić information content (AvgIpc) is 2.53. The Labute approximate surface area is 76.0 Å². The van der Waals surface area contributed by atoms with Crippen molar-refractivity contribution in [2.45, 2.75) is 39.2 Å². The van der Waals surface area contributed by atoms with E-state index in [0.717, 1.165) is 18.4 Å². The molecule has 3 heteroatoms. The van der Waals surface area contributed by atoms with E-state index in [0.29, 0.717) is 6.04 Å². The zero-order valence-corrected chi connectivity index (χ0v) is 8.28. The minimum Gasteiger partial charge on any atom is -0.268 e. The lowest BCUT2D eigenvalue weighted by atomic mass is 10.3. The van der Waals surface area contributed by atoms with Gasteiger partial charge in [-0.15, -0.1) is 0 Å². The molecule has 1 aliphatic rings. The average molecular weight is 183 g/mol. The van der Waals surface area contributed by atoms with E-state index in [1.54, 1.807) is 11.5 Å². The first-order valence-corrected chi connectivity index (χ1v) is 5.21. The predicted molar refractivity (Wildman–Crippen MR) is 51.0 cm³/mol. The van der Waals surface area contributed by atoms with Crippen molar-refractivity contribution in [1.29, 1.82) is 0 Å². The maximum atomic E-state index is 11.7. The number of rotatable bonds is 1. The van der Waals surface area contributed by atoms with Crippen LogP contribution in [0.5, 0.6) is 0 Å². The van der Waals surface area contributed by atoms with Gasteiger partial charge >= 0.3 is 0 Å². The summed E-state index contributed by atoms with van der Waals surface area (Å²) in [5, 5.41) is 0. The molecule has 0 amide bonds. The topological polar surface area (TPSA) is 22.0 Å². The van der Waals surface area contributed by atoms with Crippen molar-refractivity contribution >= 4 is 11.5 Å². The minimum atomic E-state index is 0.266. The van der Waals surface area contributed by atoms with Gasteiger partial charge in [0.25, 0.3) is 5.56 Å². The molecule has 0 spiro atoms. The van der Waals surface area contributed by atoms with Crippen LogP contribution in [-0.2, 0) is 12.8 Å². The molecule has 0 atom stereocenters. The number of hydrogen-bond acceptors (Lipinski definition) is 2. The van der Waals surface area contributed by atoms with Gasteiger partial charge in [-0.1, -0.05) is 11.5 Å². The largest absolute Gasteiger partial charge is 0.268 e. The van der Waals surface area contributed by atoms with Crippen LogP contribution in [0.3, 0.4) is 0 Å². The lowest BCUT2D eigenvalue weighted by Gasteiger charge is -2.02. The van der Waals surface area contributed by atoms with Gasteiger partial charge in [0.15, 0.2) is 0 Å². The van der Waals surface area contributed by atoms with Gasteiger partial charge in [0.1, 0.15) is 0 Å². The smallest absolute Gasteiger partial charge is 0.264 e. The predicted octanol–water partition coefficient (Wildman–Crippen LogP) is 1.98. The fourth-order valence-corrected chi connectivity index (χ4v) is 2.85. The quantitative estimate of drug-likeness (QED) is 0.652. The third-order valence-corrected chi connectivity index (χ3v) is 3.76. The summed E-state index contributed by atoms with van der Waals surface area (Å²) in [6, 6.07) is 0.327. The van der Waals surface area contributed by atoms with E-state index in [1.165, 1.54) is 11.3 Å². The first-order chi connectivity index (χ1) is 5.70. The van der Waals surface area contributed by atoms with Gasteiger partial charge in [-0.3, -0.25) is 8.75 Å². The molecular formula is C9H13NOS. The van der Waals surface area contributed by atoms with Crippen molar-refractivity contribution in [3.63, 3.8) is 0 Å². The lowest BCUT2D eigenvalue weighted by molar-refractivity contribution is 0.629. The van der Waals surface area contributed by atoms with E-state index in [4.69, 9.17) is 0 Å². The maximum absolute atomic E-state index is 11.7. The molecule has 12 heavy (non-hydrogen) atoms. The molecule has 1 aromatic heterocycles. The van der Waals surface area contributed by atoms with Gasteiger partial charge in [-0.25, -0.2) is 0 Å². The number of fused-ring (bicyclic) bond motifs is 1. The molecule has 1 aliphatic carbocycles. The zero-order valence-electron chi connectivity index (χ0n) is 7.46. The van der Waals surface area contributed by atoms with Crippen LogP contribution in [0.4, 0.5) is 0 Å². The molecule has 0 unspecified atom stereocenters. The third kappa shape index (κ3) is 1.04. The normalized spacial score (nSPS) is 15.6. The second-order valence-corrected chi connectivity index (χ2v) is 4.64. The molecule has 0 radical (unpaired) electrons. The highest BCUT2D eigenvalue weighted by molar-refractivity contribution is 7.06. The highest BCUT2D eigenvalue weighted by Crippen LogP contribution is 2.24. The summed E-state index contributed by atoms with van der Waals surface area (Å²) in [5.41, 5.74) is 1.36. The Bertz CT molecular complexity index is 348. The van der Waals surface area contributed by atoms with Crippen LogP contribution in [0.1, 0.15) is 36.8 Å². The van der Waals surface area contributed by atoms with Crippen LogP contribution < -0.4 is 5.56 Å². The number of hydrogen-bond donors (Lipinski definition) is 0. The van der Waals surface area contributed by atoms with E-state index in [9.17, 15) is 4.79 Å². The molecule has 1 heterocycles. The summed E-state index contributed by atoms with van der Waals surface area (Å²) in [4.78, 5) is 13.0. The van der Waals surface area contributed by atoms with Crippen molar-refractivity contribution in [1.82, 2.24) is 3.96 Å². The zero-order chi connectivity index (χ0) is 8.72. The van der Waals surface area contributed by atoms with E-state index < -0.39 is 0 Å². The van der Waals surface area contributed by atoms with Gasteiger partial charge in [0.05, 0.1) is 0 Å². The molecule has 0 aliphatic heterocycles. The first-order valence-electron chi connectivity index (χ1n) is 4.43. The Morgan fingerprint density at radius 3 is 2.75 bits per heavy atom. The fourth-order valence-electron chi connectivity index (χ4n) is 1.68. The third-order valence-electron chi connectivity index (χ3n) is 2.30. The summed E-state index contributed by atoms with van der Waals surface area (Å²) in [7, 11) is 0. The molecule has 66 valence electrons. The Morgan fingerprint density at radius 1 is 1.42 bits per heavy atom. The van der Waals surface area contributed by atoms with Crippen LogP contribution in [0.2, 0.25) is 0 Å². The SMILES string of the molecule is CC(C)n1sc2c(c1=O)CCC2. The Hall–Kier alpha value is -0.570. The molecule has 0 N–H and O–H groups in total. The summed E-state index contributed by atoms with van der Waals surface area (Å²) in [6.45, 7) is 4.13. The second-order valence-electron chi connectivity index (χ2n) is 3.57. The van der Waals surface area contributed by atoms with E-state index >= 15 is 0 Å². The van der Waals surface area contributed by atoms with Crippen molar-refractivity contribution in [2.75, 3.05) is 0 Å². The molecule has 1 aromatic rings. The van der Waals surface area contributed by atoms with Crippen molar-refractivity contribution in [3.8, 4) is 0 Å². The van der Waals surface area contributed by atoms with Crippen molar-refractivity contribution in [2.24, 2.45) is 0 Å². The molecular weight excluding hydrogens is 170 g/mol. The van der Waals surface area contributed by atoms with Crippen LogP contribution in [0, 0.1) is 0 Å². The van der Waals surface area contributed by atoms with Crippen LogP contribution in [0.25, 0.3) is 0 Å².